The van der Waals surface area contributed by atoms with E-state index in [0.29, 0.717) is 29.0 Å². The van der Waals surface area contributed by atoms with Gasteiger partial charge in [0.15, 0.2) is 0 Å². The molecule has 0 bridgehead atoms. The van der Waals surface area contributed by atoms with Crippen LogP contribution in [0.15, 0.2) is 59.8 Å². The summed E-state index contributed by atoms with van der Waals surface area (Å²) in [5.74, 6) is 0. The van der Waals surface area contributed by atoms with Gasteiger partial charge in [0.25, 0.3) is 0 Å². The third-order valence-electron chi connectivity index (χ3n) is 3.66. The van der Waals surface area contributed by atoms with Crippen molar-refractivity contribution in [2.24, 2.45) is 0 Å². The van der Waals surface area contributed by atoms with E-state index in [0.717, 1.165) is 17.8 Å². The van der Waals surface area contributed by atoms with Crippen LogP contribution < -0.4 is 9.80 Å². The van der Waals surface area contributed by atoms with E-state index in [4.69, 9.17) is 23.2 Å². The second-order valence-electron chi connectivity index (χ2n) is 5.38. The fourth-order valence-electron chi connectivity index (χ4n) is 2.55. The minimum atomic E-state index is -4.38. The van der Waals surface area contributed by atoms with Crippen molar-refractivity contribution in [1.29, 1.82) is 0 Å². The number of nitrogens with zero attached hydrogens (tertiary/aromatic N) is 2. The van der Waals surface area contributed by atoms with E-state index in [9.17, 15) is 13.2 Å². The molecule has 0 saturated heterocycles. The highest BCUT2D eigenvalue weighted by Crippen LogP contribution is 2.34. The molecule has 2 nitrogen and oxygen atoms in total. The number of halogens is 5. The second-order valence-corrected chi connectivity index (χ2v) is 6.28. The van der Waals surface area contributed by atoms with Gasteiger partial charge < -0.3 is 9.80 Å². The van der Waals surface area contributed by atoms with Crippen LogP contribution in [0.2, 0.25) is 5.02 Å². The maximum Gasteiger partial charge on any atom is 0.416 e. The van der Waals surface area contributed by atoms with Crippen LogP contribution in [-0.2, 0) is 6.18 Å². The predicted molar refractivity (Wildman–Crippen MR) is 91.5 cm³/mol. The smallest absolute Gasteiger partial charge is 0.348 e. The minimum Gasteiger partial charge on any atom is -0.348 e. The number of alkyl halides is 3. The second kappa shape index (κ2) is 6.57. The molecular weight excluding hydrogens is 360 g/mol. The van der Waals surface area contributed by atoms with Gasteiger partial charge in [-0.2, -0.15) is 13.2 Å². The normalized spacial score (nSPS) is 15.5. The molecule has 0 atom stereocenters. The molecule has 126 valence electrons. The summed E-state index contributed by atoms with van der Waals surface area (Å²) in [6.45, 7) is 0.686. The lowest BCUT2D eigenvalue weighted by molar-refractivity contribution is -0.137. The van der Waals surface area contributed by atoms with E-state index in [-0.39, 0.29) is 0 Å². The SMILES string of the molecule is FC(F)(F)c1cccc(N2CC(Cl)=CN(c3ccccc3Cl)C2)c1. The maximum absolute atomic E-state index is 12.9. The van der Waals surface area contributed by atoms with Gasteiger partial charge in [-0.25, -0.2) is 0 Å². The molecule has 1 aliphatic rings. The largest absolute Gasteiger partial charge is 0.416 e. The number of hydrogen-bond donors (Lipinski definition) is 0. The summed E-state index contributed by atoms with van der Waals surface area (Å²) < 4.78 is 38.8. The first-order valence-corrected chi connectivity index (χ1v) is 7.90. The zero-order chi connectivity index (χ0) is 17.3. The summed E-state index contributed by atoms with van der Waals surface area (Å²) in [6, 6.07) is 12.4. The Morgan fingerprint density at radius 3 is 2.42 bits per heavy atom. The van der Waals surface area contributed by atoms with Crippen LogP contribution in [0, 0.1) is 0 Å². The lowest BCUT2D eigenvalue weighted by atomic mass is 10.1. The van der Waals surface area contributed by atoms with Gasteiger partial charge in [-0.1, -0.05) is 41.4 Å². The molecule has 0 radical (unpaired) electrons. The van der Waals surface area contributed by atoms with Gasteiger partial charge in [0.2, 0.25) is 0 Å². The zero-order valence-corrected chi connectivity index (χ0v) is 13.9. The molecule has 24 heavy (non-hydrogen) atoms. The summed E-state index contributed by atoms with van der Waals surface area (Å²) in [5, 5.41) is 1.06. The maximum atomic E-state index is 12.9. The van der Waals surface area contributed by atoms with Crippen molar-refractivity contribution in [2.75, 3.05) is 23.0 Å². The quantitative estimate of drug-likeness (QED) is 0.664. The standard InChI is InChI=1S/C17H13Cl2F3N2/c18-13-9-23(14-5-3-4-12(8-14)17(20,21)22)11-24(10-13)16-7-2-1-6-15(16)19/h1-8,10H,9,11H2. The molecule has 1 aliphatic heterocycles. The van der Waals surface area contributed by atoms with Gasteiger partial charge in [-0.3, -0.25) is 0 Å². The lowest BCUT2D eigenvalue weighted by Crippen LogP contribution is -2.40. The number of anilines is 2. The number of rotatable bonds is 2. The summed E-state index contributed by atoms with van der Waals surface area (Å²) in [5.41, 5.74) is 0.511. The van der Waals surface area contributed by atoms with Crippen LogP contribution in [0.1, 0.15) is 5.56 Å². The molecule has 0 fully saturated rings. The molecule has 0 unspecified atom stereocenters. The Hall–Kier alpha value is -1.85. The average Bonchev–Trinajstić information content (AvgIpc) is 2.54. The first-order chi connectivity index (χ1) is 11.3. The van der Waals surface area contributed by atoms with E-state index < -0.39 is 11.7 Å². The Kier molecular flexibility index (Phi) is 4.65. The van der Waals surface area contributed by atoms with E-state index in [1.807, 2.05) is 23.1 Å². The van der Waals surface area contributed by atoms with Crippen molar-refractivity contribution >= 4 is 34.6 Å². The molecule has 2 aromatic carbocycles. The highest BCUT2D eigenvalue weighted by atomic mass is 35.5. The Morgan fingerprint density at radius 2 is 1.71 bits per heavy atom. The van der Waals surface area contributed by atoms with Crippen LogP contribution in [0.25, 0.3) is 0 Å². The van der Waals surface area contributed by atoms with Gasteiger partial charge in [0, 0.05) is 11.9 Å². The number of benzene rings is 2. The monoisotopic (exact) mass is 372 g/mol. The first kappa shape index (κ1) is 17.0. The molecule has 0 N–H and O–H groups in total. The third kappa shape index (κ3) is 3.62. The molecule has 3 rings (SSSR count). The van der Waals surface area contributed by atoms with Crippen LogP contribution in [0.5, 0.6) is 0 Å². The Balaban J connectivity index is 1.91. The summed E-state index contributed by atoms with van der Waals surface area (Å²) >= 11 is 12.4. The van der Waals surface area contributed by atoms with Crippen LogP contribution in [0.4, 0.5) is 24.5 Å². The Bertz CT molecular complexity index is 774. The van der Waals surface area contributed by atoms with Gasteiger partial charge in [-0.15, -0.1) is 0 Å². The van der Waals surface area contributed by atoms with Crippen LogP contribution in [-0.4, -0.2) is 13.2 Å². The molecule has 2 aromatic rings. The van der Waals surface area contributed by atoms with Crippen molar-refractivity contribution in [2.45, 2.75) is 6.18 Å². The van der Waals surface area contributed by atoms with Gasteiger partial charge in [-0.05, 0) is 30.3 Å². The molecular formula is C17H13Cl2F3N2. The molecule has 0 amide bonds. The number of hydrogen-bond acceptors (Lipinski definition) is 2. The summed E-state index contributed by atoms with van der Waals surface area (Å²) in [7, 11) is 0. The zero-order valence-electron chi connectivity index (χ0n) is 12.4. The predicted octanol–water partition coefficient (Wildman–Crippen LogP) is 5.72. The van der Waals surface area contributed by atoms with Crippen molar-refractivity contribution < 1.29 is 13.2 Å². The first-order valence-electron chi connectivity index (χ1n) is 7.14. The van der Waals surface area contributed by atoms with E-state index in [1.54, 1.807) is 23.2 Å². The van der Waals surface area contributed by atoms with Gasteiger partial charge >= 0.3 is 6.18 Å². The Morgan fingerprint density at radius 1 is 0.958 bits per heavy atom. The lowest BCUT2D eigenvalue weighted by Gasteiger charge is -2.36. The van der Waals surface area contributed by atoms with Crippen molar-refractivity contribution in [3.63, 3.8) is 0 Å². The fourth-order valence-corrected chi connectivity index (χ4v) is 3.06. The molecule has 1 heterocycles. The Labute approximate surface area is 147 Å². The highest BCUT2D eigenvalue weighted by molar-refractivity contribution is 6.33. The van der Waals surface area contributed by atoms with Crippen molar-refractivity contribution in [1.82, 2.24) is 0 Å². The van der Waals surface area contributed by atoms with Gasteiger partial charge in [0.1, 0.15) is 0 Å². The number of para-hydroxylation sites is 1. The molecule has 7 heteroatoms. The van der Waals surface area contributed by atoms with Crippen LogP contribution in [0.3, 0.4) is 0 Å². The molecule has 0 saturated carbocycles. The molecule has 0 aromatic heterocycles. The van der Waals surface area contributed by atoms with E-state index in [2.05, 4.69) is 0 Å². The highest BCUT2D eigenvalue weighted by Gasteiger charge is 2.31. The van der Waals surface area contributed by atoms with E-state index in [1.165, 1.54) is 6.07 Å². The fraction of sp³-hybridized carbons (Fsp3) is 0.176. The molecule has 0 aliphatic carbocycles. The minimum absolute atomic E-state index is 0.337. The van der Waals surface area contributed by atoms with Crippen LogP contribution >= 0.6 is 23.2 Å². The third-order valence-corrected chi connectivity index (χ3v) is 4.20. The van der Waals surface area contributed by atoms with E-state index >= 15 is 0 Å². The van der Waals surface area contributed by atoms with Gasteiger partial charge in [0.05, 0.1) is 34.5 Å². The molecule has 0 spiro atoms. The summed E-state index contributed by atoms with van der Waals surface area (Å²) in [4.78, 5) is 3.58. The van der Waals surface area contributed by atoms with Crippen molar-refractivity contribution in [3.05, 3.63) is 70.3 Å². The average molecular weight is 373 g/mol. The summed E-state index contributed by atoms with van der Waals surface area (Å²) in [6.07, 6.45) is -2.64. The topological polar surface area (TPSA) is 6.48 Å². The van der Waals surface area contributed by atoms with Crippen molar-refractivity contribution in [3.8, 4) is 0 Å².